The first kappa shape index (κ1) is 22.1. The van der Waals surface area contributed by atoms with Crippen molar-refractivity contribution >= 4 is 23.6 Å². The van der Waals surface area contributed by atoms with Crippen molar-refractivity contribution in [3.63, 3.8) is 0 Å². The molecule has 0 aliphatic rings. The van der Waals surface area contributed by atoms with Crippen LogP contribution in [0.15, 0.2) is 99.2 Å². The van der Waals surface area contributed by atoms with Crippen LogP contribution in [0.3, 0.4) is 0 Å². The number of benzene rings is 2. The van der Waals surface area contributed by atoms with Gasteiger partial charge in [0.1, 0.15) is 17.4 Å². The number of furan rings is 1. The fraction of sp³-hybridized carbons (Fsp3) is 0.0385. The number of hydrogen-bond acceptors (Lipinski definition) is 8. The Kier molecular flexibility index (Phi) is 6.37. The number of rotatable bonds is 7. The molecule has 5 rings (SSSR count). The number of carbonyl (C=O) groups is 1. The van der Waals surface area contributed by atoms with E-state index in [1.807, 2.05) is 60.7 Å². The van der Waals surface area contributed by atoms with E-state index in [0.29, 0.717) is 17.2 Å². The molecule has 0 fully saturated rings. The SMILES string of the molecule is N#Cc1c(NC(=O)CSc2nnc(-c3ccncc3)o2)oc(-c2ccccc2)c1-c1ccccc1. The molecule has 2 aromatic carbocycles. The van der Waals surface area contributed by atoms with Crippen LogP contribution >= 0.6 is 11.8 Å². The summed E-state index contributed by atoms with van der Waals surface area (Å²) < 4.78 is 11.7. The van der Waals surface area contributed by atoms with Gasteiger partial charge < -0.3 is 8.83 Å². The van der Waals surface area contributed by atoms with Crippen molar-refractivity contribution in [3.8, 4) is 40.0 Å². The zero-order chi connectivity index (χ0) is 24.0. The van der Waals surface area contributed by atoms with E-state index in [1.165, 1.54) is 0 Å². The first-order valence-electron chi connectivity index (χ1n) is 10.6. The van der Waals surface area contributed by atoms with Crippen LogP contribution in [0.2, 0.25) is 0 Å². The van der Waals surface area contributed by atoms with Crippen molar-refractivity contribution < 1.29 is 13.6 Å². The number of aromatic nitrogens is 3. The number of thioether (sulfide) groups is 1. The van der Waals surface area contributed by atoms with Gasteiger partial charge in [-0.25, -0.2) is 0 Å². The summed E-state index contributed by atoms with van der Waals surface area (Å²) in [7, 11) is 0. The predicted octanol–water partition coefficient (Wildman–Crippen LogP) is 5.66. The number of amides is 1. The summed E-state index contributed by atoms with van der Waals surface area (Å²) in [6, 6.07) is 24.6. The molecular weight excluding hydrogens is 462 g/mol. The van der Waals surface area contributed by atoms with Gasteiger partial charge in [-0.3, -0.25) is 15.1 Å². The highest BCUT2D eigenvalue weighted by Gasteiger charge is 2.24. The molecule has 9 heteroatoms. The summed E-state index contributed by atoms with van der Waals surface area (Å²) in [5.41, 5.74) is 3.23. The molecular formula is C26H17N5O3S. The second-order valence-corrected chi connectivity index (χ2v) is 8.23. The fourth-order valence-corrected chi connectivity index (χ4v) is 4.03. The molecule has 0 atom stereocenters. The summed E-state index contributed by atoms with van der Waals surface area (Å²) in [6.07, 6.45) is 3.26. The van der Waals surface area contributed by atoms with Crippen molar-refractivity contribution in [1.29, 1.82) is 5.26 Å². The van der Waals surface area contributed by atoms with Gasteiger partial charge in [0.15, 0.2) is 0 Å². The first-order chi connectivity index (χ1) is 17.2. The predicted molar refractivity (Wildman–Crippen MR) is 131 cm³/mol. The number of anilines is 1. The summed E-state index contributed by atoms with van der Waals surface area (Å²) in [4.78, 5) is 16.7. The number of pyridine rings is 1. The third-order valence-electron chi connectivity index (χ3n) is 5.03. The van der Waals surface area contributed by atoms with Gasteiger partial charge in [0, 0.05) is 29.1 Å². The van der Waals surface area contributed by atoms with Crippen LogP contribution in [-0.2, 0) is 4.79 Å². The molecule has 5 aromatic rings. The molecule has 0 saturated carbocycles. The third-order valence-corrected chi connectivity index (χ3v) is 5.85. The van der Waals surface area contributed by atoms with E-state index in [0.717, 1.165) is 28.5 Å². The molecule has 8 nitrogen and oxygen atoms in total. The summed E-state index contributed by atoms with van der Waals surface area (Å²) in [5, 5.41) is 20.9. The van der Waals surface area contributed by atoms with Gasteiger partial charge in [-0.1, -0.05) is 72.4 Å². The topological polar surface area (TPSA) is 118 Å². The Balaban J connectivity index is 1.37. The Morgan fingerprint density at radius 3 is 2.26 bits per heavy atom. The second kappa shape index (κ2) is 10.1. The van der Waals surface area contributed by atoms with Gasteiger partial charge in [-0.05, 0) is 17.7 Å². The van der Waals surface area contributed by atoms with E-state index >= 15 is 0 Å². The molecule has 0 aliphatic carbocycles. The minimum absolute atomic E-state index is 0.00904. The lowest BCUT2D eigenvalue weighted by Gasteiger charge is -2.03. The van der Waals surface area contributed by atoms with Gasteiger partial charge >= 0.3 is 0 Å². The number of nitrogens with one attached hydrogen (secondary N) is 1. The van der Waals surface area contributed by atoms with Crippen LogP contribution in [0.5, 0.6) is 0 Å². The zero-order valence-corrected chi connectivity index (χ0v) is 19.0. The van der Waals surface area contributed by atoms with Crippen LogP contribution in [-0.4, -0.2) is 26.8 Å². The first-order valence-corrected chi connectivity index (χ1v) is 11.6. The van der Waals surface area contributed by atoms with Crippen LogP contribution in [0.25, 0.3) is 33.9 Å². The number of nitrogens with zero attached hydrogens (tertiary/aromatic N) is 4. The van der Waals surface area contributed by atoms with Crippen molar-refractivity contribution in [2.75, 3.05) is 11.1 Å². The maximum absolute atomic E-state index is 12.7. The summed E-state index contributed by atoms with van der Waals surface area (Å²) >= 11 is 1.09. The fourth-order valence-electron chi connectivity index (χ4n) is 3.47. The minimum atomic E-state index is -0.372. The van der Waals surface area contributed by atoms with Gasteiger partial charge in [0.25, 0.3) is 5.22 Å². The Morgan fingerprint density at radius 1 is 0.886 bits per heavy atom. The molecule has 1 N–H and O–H groups in total. The highest BCUT2D eigenvalue weighted by atomic mass is 32.2. The lowest BCUT2D eigenvalue weighted by molar-refractivity contribution is -0.113. The highest BCUT2D eigenvalue weighted by molar-refractivity contribution is 7.99. The molecule has 0 bridgehead atoms. The molecule has 0 aliphatic heterocycles. The molecule has 35 heavy (non-hydrogen) atoms. The lowest BCUT2D eigenvalue weighted by atomic mass is 9.98. The average molecular weight is 480 g/mol. The minimum Gasteiger partial charge on any atom is -0.438 e. The summed E-state index contributed by atoms with van der Waals surface area (Å²) in [6.45, 7) is 0. The quantitative estimate of drug-likeness (QED) is 0.297. The molecule has 0 spiro atoms. The van der Waals surface area contributed by atoms with E-state index in [2.05, 4.69) is 26.6 Å². The van der Waals surface area contributed by atoms with Crippen molar-refractivity contribution in [2.45, 2.75) is 5.22 Å². The lowest BCUT2D eigenvalue weighted by Crippen LogP contribution is -2.14. The van der Waals surface area contributed by atoms with Gasteiger partial charge in [0.05, 0.1) is 5.75 Å². The smallest absolute Gasteiger partial charge is 0.277 e. The third kappa shape index (κ3) is 4.83. The Morgan fingerprint density at radius 2 is 1.57 bits per heavy atom. The van der Waals surface area contributed by atoms with Gasteiger partial charge in [0.2, 0.25) is 17.7 Å². The van der Waals surface area contributed by atoms with E-state index in [1.54, 1.807) is 24.5 Å². The molecule has 3 heterocycles. The van der Waals surface area contributed by atoms with Crippen LogP contribution in [0.1, 0.15) is 5.56 Å². The van der Waals surface area contributed by atoms with E-state index in [4.69, 9.17) is 8.83 Å². The Labute approximate surface area is 204 Å². The monoisotopic (exact) mass is 479 g/mol. The molecule has 1 amide bonds. The molecule has 0 radical (unpaired) electrons. The largest absolute Gasteiger partial charge is 0.438 e. The van der Waals surface area contributed by atoms with Gasteiger partial charge in [-0.2, -0.15) is 5.26 Å². The Hall–Kier alpha value is -4.68. The maximum Gasteiger partial charge on any atom is 0.277 e. The molecule has 170 valence electrons. The average Bonchev–Trinajstić information content (AvgIpc) is 3.54. The molecule has 0 saturated heterocycles. The number of nitriles is 1. The van der Waals surface area contributed by atoms with Crippen LogP contribution in [0, 0.1) is 11.3 Å². The van der Waals surface area contributed by atoms with Crippen molar-refractivity contribution in [1.82, 2.24) is 15.2 Å². The standard InChI is InChI=1S/C26H17N5O3S/c27-15-20-22(17-7-3-1-4-8-17)23(18-9-5-2-6-10-18)33-25(20)29-21(32)16-35-26-31-30-24(34-26)19-11-13-28-14-12-19/h1-14H,16H2,(H,29,32). The van der Waals surface area contributed by atoms with Crippen molar-refractivity contribution in [3.05, 3.63) is 90.8 Å². The Bertz CT molecular complexity index is 1490. The van der Waals surface area contributed by atoms with E-state index in [-0.39, 0.29) is 28.3 Å². The number of hydrogen-bond donors (Lipinski definition) is 1. The molecule has 0 unspecified atom stereocenters. The maximum atomic E-state index is 12.7. The normalized spacial score (nSPS) is 10.6. The van der Waals surface area contributed by atoms with E-state index < -0.39 is 0 Å². The van der Waals surface area contributed by atoms with Gasteiger partial charge in [-0.15, -0.1) is 10.2 Å². The summed E-state index contributed by atoms with van der Waals surface area (Å²) in [5.74, 6) is 0.565. The second-order valence-electron chi connectivity index (χ2n) is 7.30. The number of carbonyl (C=O) groups excluding carboxylic acids is 1. The van der Waals surface area contributed by atoms with Crippen molar-refractivity contribution in [2.24, 2.45) is 0 Å². The molecule has 3 aromatic heterocycles. The zero-order valence-electron chi connectivity index (χ0n) is 18.2. The van der Waals surface area contributed by atoms with Crippen LogP contribution in [0.4, 0.5) is 5.88 Å². The van der Waals surface area contributed by atoms with Crippen LogP contribution < -0.4 is 5.32 Å². The van der Waals surface area contributed by atoms with E-state index in [9.17, 15) is 10.1 Å². The highest BCUT2D eigenvalue weighted by Crippen LogP contribution is 2.41.